The maximum absolute atomic E-state index is 6.26. The summed E-state index contributed by atoms with van der Waals surface area (Å²) in [6, 6.07) is 49.6. The number of rotatable bonds is 3. The SMILES string of the molecule is c1ccc(N(c2ccc3ccc4c5ccccc5ccc4c3c2)c2cccc3oc4ccccc4c23)cc1. The van der Waals surface area contributed by atoms with Crippen molar-refractivity contribution < 1.29 is 4.42 Å². The van der Waals surface area contributed by atoms with Crippen molar-refractivity contribution in [3.8, 4) is 0 Å². The molecular weight excluding hydrogens is 462 g/mol. The van der Waals surface area contributed by atoms with E-state index in [-0.39, 0.29) is 0 Å². The summed E-state index contributed by atoms with van der Waals surface area (Å²) in [5.74, 6) is 0. The molecule has 0 bridgehead atoms. The van der Waals surface area contributed by atoms with E-state index in [9.17, 15) is 0 Å². The Hall–Kier alpha value is -5.08. The average Bonchev–Trinajstić information content (AvgIpc) is 3.37. The maximum Gasteiger partial charge on any atom is 0.137 e. The summed E-state index contributed by atoms with van der Waals surface area (Å²) in [6.07, 6.45) is 0. The average molecular weight is 486 g/mol. The van der Waals surface area contributed by atoms with E-state index in [0.717, 1.165) is 39.0 Å². The minimum atomic E-state index is 0.891. The number of para-hydroxylation sites is 2. The van der Waals surface area contributed by atoms with Crippen LogP contribution in [0.4, 0.5) is 17.1 Å². The van der Waals surface area contributed by atoms with Crippen molar-refractivity contribution in [1.29, 1.82) is 0 Å². The van der Waals surface area contributed by atoms with Gasteiger partial charge in [-0.1, -0.05) is 97.1 Å². The van der Waals surface area contributed by atoms with Crippen LogP contribution < -0.4 is 4.90 Å². The van der Waals surface area contributed by atoms with Crippen molar-refractivity contribution in [3.05, 3.63) is 140 Å². The van der Waals surface area contributed by atoms with Crippen LogP contribution in [0.1, 0.15) is 0 Å². The van der Waals surface area contributed by atoms with Gasteiger partial charge >= 0.3 is 0 Å². The molecule has 178 valence electrons. The van der Waals surface area contributed by atoms with E-state index >= 15 is 0 Å². The fourth-order valence-corrected chi connectivity index (χ4v) is 5.89. The summed E-state index contributed by atoms with van der Waals surface area (Å²) >= 11 is 0. The van der Waals surface area contributed by atoms with Gasteiger partial charge in [-0.05, 0) is 74.8 Å². The second kappa shape index (κ2) is 8.22. The highest BCUT2D eigenvalue weighted by Crippen LogP contribution is 2.44. The molecule has 0 aliphatic heterocycles. The lowest BCUT2D eigenvalue weighted by Crippen LogP contribution is -2.10. The van der Waals surface area contributed by atoms with Crippen molar-refractivity contribution in [3.63, 3.8) is 0 Å². The molecule has 7 aromatic carbocycles. The molecule has 0 saturated carbocycles. The highest BCUT2D eigenvalue weighted by Gasteiger charge is 2.19. The Morgan fingerprint density at radius 3 is 1.92 bits per heavy atom. The number of hydrogen-bond acceptors (Lipinski definition) is 2. The number of furan rings is 1. The van der Waals surface area contributed by atoms with Gasteiger partial charge in [0.05, 0.1) is 11.1 Å². The predicted octanol–water partition coefficient (Wildman–Crippen LogP) is 10.5. The number of fused-ring (bicyclic) bond motifs is 8. The van der Waals surface area contributed by atoms with Crippen LogP contribution in [0.15, 0.2) is 144 Å². The summed E-state index contributed by atoms with van der Waals surface area (Å²) in [5.41, 5.74) is 5.11. The predicted molar refractivity (Wildman–Crippen MR) is 161 cm³/mol. The van der Waals surface area contributed by atoms with Gasteiger partial charge in [-0.3, -0.25) is 0 Å². The zero-order valence-electron chi connectivity index (χ0n) is 20.6. The van der Waals surface area contributed by atoms with Crippen LogP contribution in [0.25, 0.3) is 54.3 Å². The van der Waals surface area contributed by atoms with Crippen LogP contribution in [-0.2, 0) is 0 Å². The number of hydrogen-bond donors (Lipinski definition) is 0. The molecule has 0 aliphatic rings. The van der Waals surface area contributed by atoms with Crippen LogP contribution in [0.3, 0.4) is 0 Å². The Kier molecular flexibility index (Phi) is 4.55. The number of benzene rings is 7. The molecule has 0 unspecified atom stereocenters. The second-order valence-corrected chi connectivity index (χ2v) is 9.77. The lowest BCUT2D eigenvalue weighted by molar-refractivity contribution is 0.669. The molecule has 2 nitrogen and oxygen atoms in total. The van der Waals surface area contributed by atoms with E-state index in [1.807, 2.05) is 12.1 Å². The fraction of sp³-hybridized carbons (Fsp3) is 0. The summed E-state index contributed by atoms with van der Waals surface area (Å²) in [7, 11) is 0. The smallest absolute Gasteiger partial charge is 0.137 e. The quantitative estimate of drug-likeness (QED) is 0.231. The monoisotopic (exact) mass is 485 g/mol. The standard InChI is InChI=1S/C36H23NO/c1-2-10-26(11-3-1)37(33-14-8-16-35-36(33)31-13-6-7-15-34(31)38-35)27-20-17-25-19-21-29-28-12-5-4-9-24(28)18-22-30(29)32(25)23-27/h1-23H. The van der Waals surface area contributed by atoms with Crippen molar-refractivity contribution in [1.82, 2.24) is 0 Å². The topological polar surface area (TPSA) is 16.4 Å². The first-order valence-corrected chi connectivity index (χ1v) is 12.9. The van der Waals surface area contributed by atoms with Crippen molar-refractivity contribution in [2.24, 2.45) is 0 Å². The lowest BCUT2D eigenvalue weighted by Gasteiger charge is -2.26. The molecule has 0 atom stereocenters. The summed E-state index contributed by atoms with van der Waals surface area (Å²) in [4.78, 5) is 2.35. The maximum atomic E-state index is 6.26. The molecule has 2 heteroatoms. The first-order chi connectivity index (χ1) is 18.8. The summed E-state index contributed by atoms with van der Waals surface area (Å²) in [5, 5.41) is 9.82. The number of nitrogens with zero attached hydrogens (tertiary/aromatic N) is 1. The Morgan fingerprint density at radius 2 is 1.05 bits per heavy atom. The van der Waals surface area contributed by atoms with Crippen molar-refractivity contribution >= 4 is 71.3 Å². The molecule has 8 aromatic rings. The molecule has 0 fully saturated rings. The first kappa shape index (κ1) is 21.0. The second-order valence-electron chi connectivity index (χ2n) is 9.77. The molecular formula is C36H23NO. The molecule has 0 spiro atoms. The Morgan fingerprint density at radius 1 is 0.395 bits per heavy atom. The lowest BCUT2D eigenvalue weighted by atomic mass is 9.96. The first-order valence-electron chi connectivity index (χ1n) is 12.9. The Labute approximate surface area is 220 Å². The highest BCUT2D eigenvalue weighted by molar-refractivity contribution is 6.18. The Balaban J connectivity index is 1.44. The third kappa shape index (κ3) is 3.14. The van der Waals surface area contributed by atoms with Crippen LogP contribution in [0, 0.1) is 0 Å². The van der Waals surface area contributed by atoms with Gasteiger partial charge in [0, 0.05) is 16.8 Å². The van der Waals surface area contributed by atoms with E-state index in [1.165, 1.54) is 32.3 Å². The molecule has 38 heavy (non-hydrogen) atoms. The molecule has 1 aromatic heterocycles. The summed E-state index contributed by atoms with van der Waals surface area (Å²) < 4.78 is 6.26. The minimum Gasteiger partial charge on any atom is -0.456 e. The number of anilines is 3. The van der Waals surface area contributed by atoms with Crippen LogP contribution >= 0.6 is 0 Å². The van der Waals surface area contributed by atoms with Gasteiger partial charge < -0.3 is 9.32 Å². The van der Waals surface area contributed by atoms with Gasteiger partial charge in [0.2, 0.25) is 0 Å². The Bertz CT molecular complexity index is 2140. The van der Waals surface area contributed by atoms with Crippen LogP contribution in [0.5, 0.6) is 0 Å². The third-order valence-electron chi connectivity index (χ3n) is 7.62. The fourth-order valence-electron chi connectivity index (χ4n) is 5.89. The molecule has 8 rings (SSSR count). The largest absolute Gasteiger partial charge is 0.456 e. The van der Waals surface area contributed by atoms with Crippen molar-refractivity contribution in [2.45, 2.75) is 0 Å². The normalized spacial score (nSPS) is 11.7. The van der Waals surface area contributed by atoms with E-state index in [1.54, 1.807) is 0 Å². The van der Waals surface area contributed by atoms with E-state index in [4.69, 9.17) is 4.42 Å². The van der Waals surface area contributed by atoms with E-state index < -0.39 is 0 Å². The molecule has 0 amide bonds. The minimum absolute atomic E-state index is 0.891. The molecule has 1 heterocycles. The molecule has 0 radical (unpaired) electrons. The van der Waals surface area contributed by atoms with Gasteiger partial charge in [-0.15, -0.1) is 0 Å². The summed E-state index contributed by atoms with van der Waals surface area (Å²) in [6.45, 7) is 0. The van der Waals surface area contributed by atoms with Gasteiger partial charge in [-0.2, -0.15) is 0 Å². The zero-order chi connectivity index (χ0) is 25.1. The van der Waals surface area contributed by atoms with E-state index in [2.05, 4.69) is 132 Å². The van der Waals surface area contributed by atoms with Gasteiger partial charge in [-0.25, -0.2) is 0 Å². The van der Waals surface area contributed by atoms with Crippen LogP contribution in [0.2, 0.25) is 0 Å². The zero-order valence-corrected chi connectivity index (χ0v) is 20.6. The highest BCUT2D eigenvalue weighted by atomic mass is 16.3. The molecule has 0 aliphatic carbocycles. The van der Waals surface area contributed by atoms with Crippen molar-refractivity contribution in [2.75, 3.05) is 4.90 Å². The van der Waals surface area contributed by atoms with Gasteiger partial charge in [0.1, 0.15) is 11.2 Å². The molecule has 0 N–H and O–H groups in total. The van der Waals surface area contributed by atoms with E-state index in [0.29, 0.717) is 0 Å². The third-order valence-corrected chi connectivity index (χ3v) is 7.62. The molecule has 0 saturated heterocycles. The van der Waals surface area contributed by atoms with Gasteiger partial charge in [0.25, 0.3) is 0 Å². The van der Waals surface area contributed by atoms with Crippen LogP contribution in [-0.4, -0.2) is 0 Å². The van der Waals surface area contributed by atoms with Gasteiger partial charge in [0.15, 0.2) is 0 Å².